The lowest BCUT2D eigenvalue weighted by atomic mass is 9.95. The molecule has 1 saturated heterocycles. The number of para-hydroxylation sites is 1. The maximum absolute atomic E-state index is 14.2. The third-order valence-corrected chi connectivity index (χ3v) is 8.07. The van der Waals surface area contributed by atoms with E-state index in [1.165, 1.54) is 37.1 Å². The van der Waals surface area contributed by atoms with E-state index in [4.69, 9.17) is 16.6 Å². The second-order valence-electron chi connectivity index (χ2n) is 9.55. The van der Waals surface area contributed by atoms with Crippen LogP contribution in [-0.2, 0) is 5.75 Å². The van der Waals surface area contributed by atoms with Crippen molar-refractivity contribution in [2.45, 2.75) is 49.1 Å². The molecule has 1 aliphatic carbocycles. The Hall–Kier alpha value is -2.84. The number of carbonyl (C=O) groups excluding carboxylic acids is 1. The summed E-state index contributed by atoms with van der Waals surface area (Å²) in [6.07, 6.45) is 5.76. The third kappa shape index (κ3) is 6.73. The summed E-state index contributed by atoms with van der Waals surface area (Å²) in [7, 11) is 0. The molecule has 194 valence electrons. The molecule has 1 saturated carbocycles. The number of carbonyl (C=O) groups is 1. The minimum Gasteiger partial charge on any atom is -0.366 e. The highest BCUT2D eigenvalue weighted by molar-refractivity contribution is 7.98. The van der Waals surface area contributed by atoms with Gasteiger partial charge in [0.2, 0.25) is 0 Å². The van der Waals surface area contributed by atoms with E-state index < -0.39 is 0 Å². The van der Waals surface area contributed by atoms with Crippen molar-refractivity contribution < 1.29 is 9.18 Å². The Labute approximate surface area is 226 Å². The Balaban J connectivity index is 1.19. The Morgan fingerprint density at radius 3 is 2.51 bits per heavy atom. The molecule has 5 rings (SSSR count). The molecule has 1 N–H and O–H groups in total. The fourth-order valence-corrected chi connectivity index (χ4v) is 5.99. The number of hydrogen-bond donors (Lipinski definition) is 1. The Kier molecular flexibility index (Phi) is 8.46. The topological polar surface area (TPSA) is 61.4 Å². The normalized spacial score (nSPS) is 16.6. The number of amides is 1. The number of benzene rings is 2. The monoisotopic (exact) mass is 539 g/mol. The zero-order chi connectivity index (χ0) is 25.6. The number of aromatic nitrogens is 2. The molecular formula is C28H31ClFN5OS. The van der Waals surface area contributed by atoms with Gasteiger partial charge in [0.05, 0.1) is 5.69 Å². The van der Waals surface area contributed by atoms with Crippen molar-refractivity contribution in [2.24, 2.45) is 0 Å². The molecule has 1 aromatic heterocycles. The zero-order valence-electron chi connectivity index (χ0n) is 20.7. The molecule has 9 heteroatoms. The van der Waals surface area contributed by atoms with E-state index in [0.717, 1.165) is 24.2 Å². The number of nitrogens with one attached hydrogen (secondary N) is 1. The summed E-state index contributed by atoms with van der Waals surface area (Å²) in [6, 6.07) is 16.7. The highest BCUT2D eigenvalue weighted by atomic mass is 35.5. The molecule has 2 fully saturated rings. The van der Waals surface area contributed by atoms with E-state index in [9.17, 15) is 9.18 Å². The van der Waals surface area contributed by atoms with E-state index >= 15 is 0 Å². The van der Waals surface area contributed by atoms with Gasteiger partial charge in [-0.3, -0.25) is 4.79 Å². The van der Waals surface area contributed by atoms with Gasteiger partial charge in [-0.2, -0.15) is 0 Å². The summed E-state index contributed by atoms with van der Waals surface area (Å²) >= 11 is 7.85. The maximum atomic E-state index is 14.2. The van der Waals surface area contributed by atoms with E-state index in [1.807, 2.05) is 36.4 Å². The minimum absolute atomic E-state index is 0.00503. The zero-order valence-corrected chi connectivity index (χ0v) is 22.3. The second kappa shape index (κ2) is 12.1. The van der Waals surface area contributed by atoms with Crippen LogP contribution in [0.3, 0.4) is 0 Å². The van der Waals surface area contributed by atoms with Gasteiger partial charge in [-0.15, -0.1) is 0 Å². The Morgan fingerprint density at radius 2 is 1.73 bits per heavy atom. The SMILES string of the molecule is O=C(NC1CCCCC1)c1cccc(CSc2nc(Cl)cc(N3CCN(c4ccccc4F)CC3)n2)c1. The Bertz CT molecular complexity index is 1230. The highest BCUT2D eigenvalue weighted by Gasteiger charge is 2.21. The smallest absolute Gasteiger partial charge is 0.251 e. The van der Waals surface area contributed by atoms with Gasteiger partial charge in [-0.05, 0) is 42.7 Å². The number of nitrogens with zero attached hydrogens (tertiary/aromatic N) is 4. The van der Waals surface area contributed by atoms with E-state index in [2.05, 4.69) is 20.1 Å². The lowest BCUT2D eigenvalue weighted by molar-refractivity contribution is 0.0927. The van der Waals surface area contributed by atoms with Crippen LogP contribution in [0.5, 0.6) is 0 Å². The first-order valence-electron chi connectivity index (χ1n) is 12.9. The molecule has 2 aromatic carbocycles. The number of halogens is 2. The third-order valence-electron chi connectivity index (χ3n) is 6.96. The number of rotatable bonds is 7. The summed E-state index contributed by atoms with van der Waals surface area (Å²) in [6.45, 7) is 2.81. The number of hydrogen-bond acceptors (Lipinski definition) is 6. The largest absolute Gasteiger partial charge is 0.366 e. The van der Waals surface area contributed by atoms with Crippen molar-refractivity contribution in [3.05, 3.63) is 76.7 Å². The first kappa shape index (κ1) is 25.8. The van der Waals surface area contributed by atoms with Crippen molar-refractivity contribution >= 4 is 40.8 Å². The van der Waals surface area contributed by atoms with Crippen LogP contribution >= 0.6 is 23.4 Å². The van der Waals surface area contributed by atoms with Crippen LogP contribution in [0.1, 0.15) is 48.0 Å². The van der Waals surface area contributed by atoms with Gasteiger partial charge < -0.3 is 15.1 Å². The fourth-order valence-electron chi connectivity index (χ4n) is 4.96. The molecule has 0 radical (unpaired) electrons. The molecule has 0 bridgehead atoms. The first-order chi connectivity index (χ1) is 18.0. The molecule has 3 aromatic rings. The van der Waals surface area contributed by atoms with Gasteiger partial charge in [0.15, 0.2) is 5.16 Å². The molecule has 0 atom stereocenters. The number of piperazine rings is 1. The fraction of sp³-hybridized carbons (Fsp3) is 0.393. The lowest BCUT2D eigenvalue weighted by Crippen LogP contribution is -2.47. The molecule has 6 nitrogen and oxygen atoms in total. The van der Waals surface area contributed by atoms with Crippen LogP contribution in [0, 0.1) is 5.82 Å². The summed E-state index contributed by atoms with van der Waals surface area (Å²) in [5.41, 5.74) is 2.35. The average molecular weight is 540 g/mol. The van der Waals surface area contributed by atoms with Crippen molar-refractivity contribution in [1.82, 2.24) is 15.3 Å². The summed E-state index contributed by atoms with van der Waals surface area (Å²) < 4.78 is 14.2. The number of thioether (sulfide) groups is 1. The van der Waals surface area contributed by atoms with Crippen molar-refractivity contribution in [3.8, 4) is 0 Å². The molecule has 2 aliphatic rings. The molecule has 0 spiro atoms. The minimum atomic E-state index is -0.199. The molecule has 0 unspecified atom stereocenters. The van der Waals surface area contributed by atoms with Crippen LogP contribution in [0.25, 0.3) is 0 Å². The molecule has 37 heavy (non-hydrogen) atoms. The van der Waals surface area contributed by atoms with Crippen LogP contribution in [0.4, 0.5) is 15.9 Å². The van der Waals surface area contributed by atoms with Crippen LogP contribution in [0.15, 0.2) is 59.8 Å². The summed E-state index contributed by atoms with van der Waals surface area (Å²) in [5, 5.41) is 4.17. The Morgan fingerprint density at radius 1 is 0.973 bits per heavy atom. The van der Waals surface area contributed by atoms with Gasteiger partial charge in [0.1, 0.15) is 16.8 Å². The predicted molar refractivity (Wildman–Crippen MR) is 148 cm³/mol. The maximum Gasteiger partial charge on any atom is 0.251 e. The van der Waals surface area contributed by atoms with Gasteiger partial charge >= 0.3 is 0 Å². The second-order valence-corrected chi connectivity index (χ2v) is 10.9. The van der Waals surface area contributed by atoms with Crippen molar-refractivity contribution in [2.75, 3.05) is 36.0 Å². The molecular weight excluding hydrogens is 509 g/mol. The van der Waals surface area contributed by atoms with Crippen molar-refractivity contribution in [3.63, 3.8) is 0 Å². The lowest BCUT2D eigenvalue weighted by Gasteiger charge is -2.36. The van der Waals surface area contributed by atoms with E-state index in [0.29, 0.717) is 53.5 Å². The summed E-state index contributed by atoms with van der Waals surface area (Å²) in [4.78, 5) is 26.1. The molecule has 1 aliphatic heterocycles. The average Bonchev–Trinajstić information content (AvgIpc) is 2.93. The van der Waals surface area contributed by atoms with E-state index in [-0.39, 0.29) is 17.8 Å². The predicted octanol–water partition coefficient (Wildman–Crippen LogP) is 5.95. The standard InChI is InChI=1S/C28H31ClFN5OS/c29-25-18-26(35-15-13-34(14-16-35)24-12-5-4-11-23(24)30)33-28(32-25)37-19-20-7-6-8-21(17-20)27(36)31-22-9-2-1-3-10-22/h4-8,11-12,17-18,22H,1-3,9-10,13-16,19H2,(H,31,36). The van der Waals surface area contributed by atoms with Crippen LogP contribution in [0.2, 0.25) is 5.15 Å². The van der Waals surface area contributed by atoms with Gasteiger partial charge in [0, 0.05) is 49.6 Å². The first-order valence-corrected chi connectivity index (χ1v) is 14.2. The quantitative estimate of drug-likeness (QED) is 0.227. The van der Waals surface area contributed by atoms with E-state index in [1.54, 1.807) is 12.1 Å². The molecule has 2 heterocycles. The number of anilines is 2. The van der Waals surface area contributed by atoms with Gasteiger partial charge in [-0.1, -0.05) is 66.9 Å². The van der Waals surface area contributed by atoms with Gasteiger partial charge in [0.25, 0.3) is 5.91 Å². The van der Waals surface area contributed by atoms with Gasteiger partial charge in [-0.25, -0.2) is 14.4 Å². The van der Waals surface area contributed by atoms with Crippen LogP contribution in [-0.4, -0.2) is 48.1 Å². The molecule has 1 amide bonds. The van der Waals surface area contributed by atoms with Crippen molar-refractivity contribution in [1.29, 1.82) is 0 Å². The highest BCUT2D eigenvalue weighted by Crippen LogP contribution is 2.27. The van der Waals surface area contributed by atoms with Crippen LogP contribution < -0.4 is 15.1 Å². The summed E-state index contributed by atoms with van der Waals surface area (Å²) in [5.74, 6) is 1.20.